The summed E-state index contributed by atoms with van der Waals surface area (Å²) in [5.74, 6) is -4.71. The Morgan fingerprint density at radius 3 is 1.60 bits per heavy atom. The predicted molar refractivity (Wildman–Crippen MR) is 106 cm³/mol. The van der Waals surface area contributed by atoms with E-state index >= 15 is 0 Å². The van der Waals surface area contributed by atoms with Gasteiger partial charge in [-0.3, -0.25) is 0 Å². The summed E-state index contributed by atoms with van der Waals surface area (Å²) in [5.41, 5.74) is -2.00. The summed E-state index contributed by atoms with van der Waals surface area (Å²) < 4.78 is 26.8. The maximum absolute atomic E-state index is 10.7. The maximum Gasteiger partial charge on any atom is 0.221 e. The van der Waals surface area contributed by atoms with Crippen LogP contribution >= 0.6 is 0 Å². The summed E-state index contributed by atoms with van der Waals surface area (Å²) >= 11 is 0. The molecule has 3 rings (SSSR count). The minimum atomic E-state index is -2.46. The van der Waals surface area contributed by atoms with Gasteiger partial charge in [0.05, 0.1) is 33.0 Å². The zero-order valence-electron chi connectivity index (χ0n) is 18.6. The second kappa shape index (κ2) is 11.0. The van der Waals surface area contributed by atoms with Gasteiger partial charge in [-0.05, 0) is 0 Å². The first-order chi connectivity index (χ1) is 16.4. The molecule has 0 aromatic heterocycles. The summed E-state index contributed by atoms with van der Waals surface area (Å²) in [6.07, 6.45) is -14.3. The number of ether oxygens (including phenoxy) is 5. The van der Waals surface area contributed by atoms with Crippen LogP contribution in [0.5, 0.6) is 0 Å². The van der Waals surface area contributed by atoms with Crippen molar-refractivity contribution in [3.8, 4) is 0 Å². The molecular formula is C19H34O16. The average Bonchev–Trinajstić information content (AvgIpc) is 3.34. The minimum absolute atomic E-state index is 0.691. The van der Waals surface area contributed by atoms with Crippen LogP contribution in [0, 0.1) is 0 Å². The van der Waals surface area contributed by atoms with Crippen LogP contribution in [0.3, 0.4) is 0 Å². The highest BCUT2D eigenvalue weighted by molar-refractivity contribution is 5.04. The van der Waals surface area contributed by atoms with Gasteiger partial charge in [-0.15, -0.1) is 0 Å². The molecule has 35 heavy (non-hydrogen) atoms. The first-order valence-electron chi connectivity index (χ1n) is 10.9. The van der Waals surface area contributed by atoms with Crippen LogP contribution in [0.2, 0.25) is 0 Å². The third-order valence-electron chi connectivity index (χ3n) is 6.63. The van der Waals surface area contributed by atoms with Crippen LogP contribution in [-0.4, -0.2) is 175 Å². The lowest BCUT2D eigenvalue weighted by Gasteiger charge is -2.37. The van der Waals surface area contributed by atoms with E-state index in [1.54, 1.807) is 0 Å². The highest BCUT2D eigenvalue weighted by atomic mass is 16.7. The lowest BCUT2D eigenvalue weighted by atomic mass is 9.95. The number of rotatable bonds is 11. The van der Waals surface area contributed by atoms with Crippen molar-refractivity contribution in [3.05, 3.63) is 0 Å². The molecule has 3 heterocycles. The lowest BCUT2D eigenvalue weighted by molar-refractivity contribution is -0.304. The van der Waals surface area contributed by atoms with Gasteiger partial charge < -0.3 is 79.9 Å². The molecule has 0 saturated carbocycles. The Morgan fingerprint density at radius 1 is 0.600 bits per heavy atom. The van der Waals surface area contributed by atoms with Crippen molar-refractivity contribution in [3.63, 3.8) is 0 Å². The average molecular weight is 518 g/mol. The Balaban J connectivity index is 1.75. The lowest BCUT2D eigenvalue weighted by Crippen LogP contribution is -2.57. The van der Waals surface area contributed by atoms with E-state index in [2.05, 4.69) is 0 Å². The number of aliphatic hydroxyl groups excluding tert-OH is 10. The van der Waals surface area contributed by atoms with Gasteiger partial charge in [0, 0.05) is 0 Å². The van der Waals surface area contributed by atoms with Gasteiger partial charge in [-0.25, -0.2) is 0 Å². The predicted octanol–water partition coefficient (Wildman–Crippen LogP) is -7.53. The van der Waals surface area contributed by atoms with Crippen molar-refractivity contribution < 1.29 is 79.9 Å². The molecular weight excluding hydrogens is 484 g/mol. The van der Waals surface area contributed by atoms with Gasteiger partial charge in [-0.2, -0.15) is 0 Å². The molecule has 0 radical (unpaired) electrons. The quantitative estimate of drug-likeness (QED) is 0.121. The van der Waals surface area contributed by atoms with Crippen molar-refractivity contribution in [1.82, 2.24) is 0 Å². The van der Waals surface area contributed by atoms with Gasteiger partial charge in [-0.1, -0.05) is 0 Å². The molecule has 3 aliphatic heterocycles. The van der Waals surface area contributed by atoms with Crippen LogP contribution < -0.4 is 0 Å². The standard InChI is InChI=1S/C19H34O16/c20-1-8-11(24)14(27)17(33-8,5-31-7-18(30)15(28)12(25)9(2-21)34-18)6-32-19(4-23)16(29)13(26)10(3-22)35-19/h8-16,20-30H,1-7H2/t8-,9-,10-,11?,12?,13?,14-,15-,16-,17-,18-,19-/m1/s1. The summed E-state index contributed by atoms with van der Waals surface area (Å²) in [6.45, 7) is -5.43. The largest absolute Gasteiger partial charge is 0.394 e. The molecule has 0 aromatic rings. The van der Waals surface area contributed by atoms with Gasteiger partial charge in [0.15, 0.2) is 0 Å². The molecule has 3 saturated heterocycles. The van der Waals surface area contributed by atoms with E-state index in [1.165, 1.54) is 0 Å². The molecule has 0 aromatic carbocycles. The third kappa shape index (κ3) is 5.08. The summed E-state index contributed by atoms with van der Waals surface area (Å²) in [6, 6.07) is 0. The zero-order chi connectivity index (χ0) is 26.2. The van der Waals surface area contributed by atoms with Crippen molar-refractivity contribution in [1.29, 1.82) is 0 Å². The molecule has 16 heteroatoms. The number of hydrogen-bond acceptors (Lipinski definition) is 16. The van der Waals surface area contributed by atoms with E-state index in [0.717, 1.165) is 0 Å². The van der Waals surface area contributed by atoms with E-state index in [9.17, 15) is 56.2 Å². The van der Waals surface area contributed by atoms with Crippen molar-refractivity contribution in [2.75, 3.05) is 46.2 Å². The molecule has 0 spiro atoms. The Morgan fingerprint density at radius 2 is 1.11 bits per heavy atom. The SMILES string of the molecule is OC[C@H]1O[C@](COC[C@@]2(O)O[C@H](CO)C(O)[C@H]2O)(CO[C@]2(CO)O[C@H](CO)C(O)[C@H]2O)[C@H](O)C1O. The van der Waals surface area contributed by atoms with Crippen molar-refractivity contribution in [2.45, 2.75) is 72.1 Å². The molecule has 0 bridgehead atoms. The second-order valence-corrected chi connectivity index (χ2v) is 8.98. The van der Waals surface area contributed by atoms with Crippen molar-refractivity contribution >= 4 is 0 Å². The van der Waals surface area contributed by atoms with E-state index in [1.807, 2.05) is 0 Å². The highest BCUT2D eigenvalue weighted by Gasteiger charge is 2.60. The Kier molecular flexibility index (Phi) is 9.09. The zero-order valence-corrected chi connectivity index (χ0v) is 18.6. The summed E-state index contributed by atoms with van der Waals surface area (Å²) in [7, 11) is 0. The fourth-order valence-electron chi connectivity index (χ4n) is 4.43. The summed E-state index contributed by atoms with van der Waals surface area (Å²) in [4.78, 5) is 0. The highest BCUT2D eigenvalue weighted by Crippen LogP contribution is 2.38. The molecule has 206 valence electrons. The molecule has 3 fully saturated rings. The van der Waals surface area contributed by atoms with E-state index in [4.69, 9.17) is 23.7 Å². The van der Waals surface area contributed by atoms with E-state index in [0.29, 0.717) is 0 Å². The minimum Gasteiger partial charge on any atom is -0.394 e. The van der Waals surface area contributed by atoms with Gasteiger partial charge in [0.25, 0.3) is 0 Å². The maximum atomic E-state index is 10.7. The molecule has 3 unspecified atom stereocenters. The molecule has 11 N–H and O–H groups in total. The van der Waals surface area contributed by atoms with Gasteiger partial charge in [0.1, 0.15) is 73.8 Å². The van der Waals surface area contributed by atoms with Crippen LogP contribution in [0.1, 0.15) is 0 Å². The molecule has 3 aliphatic rings. The third-order valence-corrected chi connectivity index (χ3v) is 6.63. The normalized spacial score (nSPS) is 50.3. The van der Waals surface area contributed by atoms with Crippen LogP contribution in [0.15, 0.2) is 0 Å². The fraction of sp³-hybridized carbons (Fsp3) is 1.00. The molecule has 12 atom stereocenters. The number of hydrogen-bond donors (Lipinski definition) is 11. The topological polar surface area (TPSA) is 269 Å². The Labute approximate surface area is 199 Å². The van der Waals surface area contributed by atoms with Crippen LogP contribution in [0.25, 0.3) is 0 Å². The fourth-order valence-corrected chi connectivity index (χ4v) is 4.43. The molecule has 16 nitrogen and oxygen atoms in total. The van der Waals surface area contributed by atoms with E-state index in [-0.39, 0.29) is 0 Å². The van der Waals surface area contributed by atoms with E-state index < -0.39 is 118 Å². The van der Waals surface area contributed by atoms with Gasteiger partial charge in [0.2, 0.25) is 11.6 Å². The van der Waals surface area contributed by atoms with Gasteiger partial charge >= 0.3 is 0 Å². The molecule has 0 amide bonds. The Bertz CT molecular complexity index is 700. The van der Waals surface area contributed by atoms with Crippen LogP contribution in [-0.2, 0) is 23.7 Å². The Hall–Kier alpha value is -0.640. The first-order valence-corrected chi connectivity index (χ1v) is 10.9. The van der Waals surface area contributed by atoms with Crippen LogP contribution in [0.4, 0.5) is 0 Å². The summed E-state index contributed by atoms with van der Waals surface area (Å²) in [5, 5.41) is 109. The van der Waals surface area contributed by atoms with Crippen molar-refractivity contribution in [2.24, 2.45) is 0 Å². The smallest absolute Gasteiger partial charge is 0.221 e. The second-order valence-electron chi connectivity index (χ2n) is 8.98. The number of aliphatic hydroxyl groups is 11. The first kappa shape index (κ1) is 28.9. The monoisotopic (exact) mass is 518 g/mol. The molecule has 0 aliphatic carbocycles.